The van der Waals surface area contributed by atoms with Crippen molar-refractivity contribution in [3.8, 4) is 0 Å². The number of amides is 1. The van der Waals surface area contributed by atoms with Gasteiger partial charge in [0.2, 0.25) is 0 Å². The molecule has 1 aliphatic rings. The quantitative estimate of drug-likeness (QED) is 0.757. The number of carbonyl (C=O) groups is 2. The summed E-state index contributed by atoms with van der Waals surface area (Å²) in [5.74, 6) is -2.52. The van der Waals surface area contributed by atoms with Gasteiger partial charge >= 0.3 is 18.1 Å². The molecule has 7 heteroatoms. The van der Waals surface area contributed by atoms with E-state index in [0.717, 1.165) is 0 Å². The minimum absolute atomic E-state index is 0.265. The first-order valence-corrected chi connectivity index (χ1v) is 5.30. The highest BCUT2D eigenvalue weighted by atomic mass is 19.4. The summed E-state index contributed by atoms with van der Waals surface area (Å²) >= 11 is 0. The summed E-state index contributed by atoms with van der Waals surface area (Å²) in [5, 5.41) is 1.92. The van der Waals surface area contributed by atoms with Crippen molar-refractivity contribution in [3.05, 3.63) is 0 Å². The van der Waals surface area contributed by atoms with E-state index in [1.807, 2.05) is 5.32 Å². The van der Waals surface area contributed by atoms with Crippen molar-refractivity contribution in [3.63, 3.8) is 0 Å². The van der Waals surface area contributed by atoms with Gasteiger partial charge < -0.3 is 10.1 Å². The molecule has 17 heavy (non-hydrogen) atoms. The molecule has 1 fully saturated rings. The van der Waals surface area contributed by atoms with Crippen molar-refractivity contribution in [2.24, 2.45) is 5.92 Å². The fraction of sp³-hybridized carbons (Fsp3) is 0.800. The SMILES string of the molecule is COC(=O)C1CCC(NC(=O)C(F)(F)F)CC1. The lowest BCUT2D eigenvalue weighted by Gasteiger charge is -2.27. The minimum Gasteiger partial charge on any atom is -0.469 e. The molecule has 0 atom stereocenters. The van der Waals surface area contributed by atoms with E-state index in [9.17, 15) is 22.8 Å². The Bertz CT molecular complexity index is 296. The molecule has 1 aliphatic carbocycles. The van der Waals surface area contributed by atoms with Crippen LogP contribution in [0, 0.1) is 5.92 Å². The summed E-state index contributed by atoms with van der Waals surface area (Å²) in [7, 11) is 1.28. The zero-order valence-electron chi connectivity index (χ0n) is 9.34. The van der Waals surface area contributed by atoms with Crippen LogP contribution in [0.1, 0.15) is 25.7 Å². The number of esters is 1. The highest BCUT2D eigenvalue weighted by Gasteiger charge is 2.40. The van der Waals surface area contributed by atoms with E-state index in [4.69, 9.17) is 0 Å². The molecule has 1 N–H and O–H groups in total. The Morgan fingerprint density at radius 1 is 1.18 bits per heavy atom. The number of hydrogen-bond acceptors (Lipinski definition) is 3. The highest BCUT2D eigenvalue weighted by Crippen LogP contribution is 2.26. The number of rotatable bonds is 2. The molecule has 0 aromatic rings. The molecule has 1 saturated carbocycles. The van der Waals surface area contributed by atoms with Crippen LogP contribution in [0.15, 0.2) is 0 Å². The van der Waals surface area contributed by atoms with Crippen molar-refractivity contribution in [2.75, 3.05) is 7.11 Å². The summed E-state index contributed by atoms with van der Waals surface area (Å²) in [4.78, 5) is 21.8. The standard InChI is InChI=1S/C10H14F3NO3/c1-17-8(15)6-2-4-7(5-3-6)14-9(16)10(11,12)13/h6-7H,2-5H2,1H3,(H,14,16). The van der Waals surface area contributed by atoms with Crippen LogP contribution in [0.2, 0.25) is 0 Å². The van der Waals surface area contributed by atoms with E-state index in [0.29, 0.717) is 25.7 Å². The maximum absolute atomic E-state index is 12.0. The predicted octanol–water partition coefficient (Wildman–Crippen LogP) is 1.40. The van der Waals surface area contributed by atoms with Crippen LogP contribution >= 0.6 is 0 Å². The number of methoxy groups -OCH3 is 1. The largest absolute Gasteiger partial charge is 0.471 e. The van der Waals surface area contributed by atoms with Crippen LogP contribution in [-0.2, 0) is 14.3 Å². The molecule has 98 valence electrons. The third kappa shape index (κ3) is 3.90. The summed E-state index contributed by atoms with van der Waals surface area (Å²) < 4.78 is 40.5. The highest BCUT2D eigenvalue weighted by molar-refractivity contribution is 5.82. The van der Waals surface area contributed by atoms with Gasteiger partial charge in [-0.05, 0) is 25.7 Å². The zero-order chi connectivity index (χ0) is 13.1. The maximum atomic E-state index is 12.0. The lowest BCUT2D eigenvalue weighted by Crippen LogP contribution is -2.45. The fourth-order valence-electron chi connectivity index (χ4n) is 1.91. The molecule has 0 heterocycles. The van der Waals surface area contributed by atoms with Gasteiger partial charge in [0.25, 0.3) is 0 Å². The summed E-state index contributed by atoms with van der Waals surface area (Å²) in [6.45, 7) is 0. The number of hydrogen-bond donors (Lipinski definition) is 1. The van der Waals surface area contributed by atoms with Gasteiger partial charge in [-0.3, -0.25) is 9.59 Å². The topological polar surface area (TPSA) is 55.4 Å². The average Bonchev–Trinajstić information content (AvgIpc) is 2.27. The van der Waals surface area contributed by atoms with E-state index in [-0.39, 0.29) is 11.9 Å². The Morgan fingerprint density at radius 2 is 1.71 bits per heavy atom. The number of halogens is 3. The number of alkyl halides is 3. The van der Waals surface area contributed by atoms with E-state index < -0.39 is 18.1 Å². The molecular weight excluding hydrogens is 239 g/mol. The zero-order valence-corrected chi connectivity index (χ0v) is 9.34. The van der Waals surface area contributed by atoms with Gasteiger partial charge in [-0.15, -0.1) is 0 Å². The van der Waals surface area contributed by atoms with Crippen molar-refractivity contribution < 1.29 is 27.5 Å². The minimum atomic E-state index is -4.85. The molecule has 0 aromatic carbocycles. The number of carbonyl (C=O) groups excluding carboxylic acids is 2. The van der Waals surface area contributed by atoms with Crippen molar-refractivity contribution >= 4 is 11.9 Å². The molecule has 1 amide bonds. The Morgan fingerprint density at radius 3 is 2.12 bits per heavy atom. The van der Waals surface area contributed by atoms with Crippen LogP contribution in [0.3, 0.4) is 0 Å². The fourth-order valence-corrected chi connectivity index (χ4v) is 1.91. The van der Waals surface area contributed by atoms with Crippen LogP contribution in [0.25, 0.3) is 0 Å². The van der Waals surface area contributed by atoms with Gasteiger partial charge in [-0.2, -0.15) is 13.2 Å². The molecule has 0 bridgehead atoms. The van der Waals surface area contributed by atoms with E-state index in [1.165, 1.54) is 7.11 Å². The first-order valence-electron chi connectivity index (χ1n) is 5.30. The van der Waals surface area contributed by atoms with Crippen LogP contribution in [-0.4, -0.2) is 31.2 Å². The van der Waals surface area contributed by atoms with Crippen molar-refractivity contribution in [1.82, 2.24) is 5.32 Å². The molecule has 0 saturated heterocycles. The molecule has 1 rings (SSSR count). The van der Waals surface area contributed by atoms with Gasteiger partial charge in [-0.1, -0.05) is 0 Å². The molecule has 4 nitrogen and oxygen atoms in total. The summed E-state index contributed by atoms with van der Waals surface area (Å²) in [6, 6.07) is -0.509. The third-order valence-electron chi connectivity index (χ3n) is 2.85. The lowest BCUT2D eigenvalue weighted by molar-refractivity contribution is -0.174. The molecule has 0 spiro atoms. The molecular formula is C10H14F3NO3. The van der Waals surface area contributed by atoms with Gasteiger partial charge in [-0.25, -0.2) is 0 Å². The first-order chi connectivity index (χ1) is 7.84. The second-order valence-corrected chi connectivity index (χ2v) is 4.04. The van der Waals surface area contributed by atoms with Crippen molar-refractivity contribution in [2.45, 2.75) is 37.9 Å². The molecule has 0 unspecified atom stereocenters. The van der Waals surface area contributed by atoms with Crippen LogP contribution in [0.4, 0.5) is 13.2 Å². The molecule has 0 radical (unpaired) electrons. The molecule has 0 aromatic heterocycles. The van der Waals surface area contributed by atoms with Gasteiger partial charge in [0.15, 0.2) is 0 Å². The Balaban J connectivity index is 2.38. The van der Waals surface area contributed by atoms with E-state index >= 15 is 0 Å². The first kappa shape index (κ1) is 13.8. The second-order valence-electron chi connectivity index (χ2n) is 4.04. The summed E-state index contributed by atoms with van der Waals surface area (Å²) in [6.07, 6.45) is -3.24. The predicted molar refractivity (Wildman–Crippen MR) is 52.0 cm³/mol. The number of nitrogens with one attached hydrogen (secondary N) is 1. The smallest absolute Gasteiger partial charge is 0.469 e. The third-order valence-corrected chi connectivity index (χ3v) is 2.85. The number of ether oxygens (including phenoxy) is 1. The lowest BCUT2D eigenvalue weighted by atomic mass is 9.86. The van der Waals surface area contributed by atoms with Crippen molar-refractivity contribution in [1.29, 1.82) is 0 Å². The normalized spacial score (nSPS) is 25.2. The average molecular weight is 253 g/mol. The van der Waals surface area contributed by atoms with Crippen LogP contribution in [0.5, 0.6) is 0 Å². The molecule has 0 aliphatic heterocycles. The van der Waals surface area contributed by atoms with Gasteiger partial charge in [0.1, 0.15) is 0 Å². The monoisotopic (exact) mass is 253 g/mol. The summed E-state index contributed by atoms with van der Waals surface area (Å²) in [5.41, 5.74) is 0. The Hall–Kier alpha value is -1.27. The Kier molecular flexibility index (Phi) is 4.36. The second kappa shape index (κ2) is 5.37. The van der Waals surface area contributed by atoms with E-state index in [2.05, 4.69) is 4.74 Å². The van der Waals surface area contributed by atoms with Gasteiger partial charge in [0, 0.05) is 6.04 Å². The van der Waals surface area contributed by atoms with E-state index in [1.54, 1.807) is 0 Å². The van der Waals surface area contributed by atoms with Gasteiger partial charge in [0.05, 0.1) is 13.0 Å². The van der Waals surface area contributed by atoms with Crippen LogP contribution < -0.4 is 5.32 Å². The maximum Gasteiger partial charge on any atom is 0.471 e. The Labute approximate surface area is 96.5 Å².